The summed E-state index contributed by atoms with van der Waals surface area (Å²) in [4.78, 5) is 2.45. The van der Waals surface area contributed by atoms with E-state index in [-0.39, 0.29) is 0 Å². The van der Waals surface area contributed by atoms with E-state index in [1.807, 2.05) is 12.1 Å². The lowest BCUT2D eigenvalue weighted by molar-refractivity contribution is 0.394. The molecule has 2 rings (SSSR count). The Labute approximate surface area is 116 Å². The molecule has 1 atom stereocenters. The van der Waals surface area contributed by atoms with Gasteiger partial charge >= 0.3 is 0 Å². The predicted octanol–water partition coefficient (Wildman–Crippen LogP) is 3.72. The van der Waals surface area contributed by atoms with Gasteiger partial charge in [0.2, 0.25) is 0 Å². The fourth-order valence-corrected chi connectivity index (χ4v) is 2.86. The third-order valence-corrected chi connectivity index (χ3v) is 4.15. The molecule has 1 fully saturated rings. The van der Waals surface area contributed by atoms with Crippen LogP contribution in [0, 0.1) is 5.92 Å². The molecule has 0 amide bonds. The maximum atomic E-state index is 5.51. The van der Waals surface area contributed by atoms with E-state index in [0.717, 1.165) is 30.5 Å². The Hall–Kier alpha value is -1.38. The fraction of sp³-hybridized carbons (Fsp3) is 0.625. The highest BCUT2D eigenvalue weighted by molar-refractivity contribution is 5.61. The van der Waals surface area contributed by atoms with Crippen LogP contribution >= 0.6 is 0 Å². The number of rotatable bonds is 4. The van der Waals surface area contributed by atoms with E-state index in [4.69, 9.17) is 9.47 Å². The van der Waals surface area contributed by atoms with Gasteiger partial charge in [0.05, 0.1) is 19.9 Å². The third kappa shape index (κ3) is 3.34. The van der Waals surface area contributed by atoms with Crippen LogP contribution in [-0.2, 0) is 0 Å². The van der Waals surface area contributed by atoms with Crippen molar-refractivity contribution in [3.63, 3.8) is 0 Å². The van der Waals surface area contributed by atoms with Crippen LogP contribution in [0.2, 0.25) is 0 Å². The van der Waals surface area contributed by atoms with Gasteiger partial charge in [0.15, 0.2) is 0 Å². The lowest BCUT2D eigenvalue weighted by Crippen LogP contribution is -2.24. The molecule has 1 aliphatic heterocycles. The van der Waals surface area contributed by atoms with Crippen molar-refractivity contribution in [2.45, 2.75) is 32.6 Å². The zero-order valence-corrected chi connectivity index (χ0v) is 12.3. The first-order valence-corrected chi connectivity index (χ1v) is 7.25. The number of anilines is 1. The molecule has 0 aromatic heterocycles. The van der Waals surface area contributed by atoms with Crippen LogP contribution in [0.5, 0.6) is 11.5 Å². The highest BCUT2D eigenvalue weighted by Gasteiger charge is 2.18. The van der Waals surface area contributed by atoms with Crippen LogP contribution in [0.1, 0.15) is 32.6 Å². The van der Waals surface area contributed by atoms with Crippen LogP contribution in [0.15, 0.2) is 18.2 Å². The maximum Gasteiger partial charge on any atom is 0.145 e. The van der Waals surface area contributed by atoms with Crippen molar-refractivity contribution in [3.8, 4) is 11.5 Å². The number of hydrogen-bond acceptors (Lipinski definition) is 3. The van der Waals surface area contributed by atoms with E-state index < -0.39 is 0 Å². The second kappa shape index (κ2) is 6.69. The van der Waals surface area contributed by atoms with Gasteiger partial charge in [-0.25, -0.2) is 0 Å². The molecular weight excluding hydrogens is 238 g/mol. The van der Waals surface area contributed by atoms with Crippen molar-refractivity contribution < 1.29 is 9.47 Å². The van der Waals surface area contributed by atoms with Gasteiger partial charge in [-0.3, -0.25) is 0 Å². The first kappa shape index (κ1) is 14.0. The highest BCUT2D eigenvalue weighted by atomic mass is 16.5. The Bertz CT molecular complexity index is 406. The summed E-state index contributed by atoms with van der Waals surface area (Å²) in [5.41, 5.74) is 1.19. The summed E-state index contributed by atoms with van der Waals surface area (Å²) in [5, 5.41) is 0. The Morgan fingerprint density at radius 3 is 2.68 bits per heavy atom. The Morgan fingerprint density at radius 1 is 1.16 bits per heavy atom. The summed E-state index contributed by atoms with van der Waals surface area (Å²) in [6.07, 6.45) is 5.21. The first-order chi connectivity index (χ1) is 9.28. The van der Waals surface area contributed by atoms with Gasteiger partial charge in [-0.05, 0) is 37.3 Å². The van der Waals surface area contributed by atoms with E-state index in [2.05, 4.69) is 17.9 Å². The molecule has 0 unspecified atom stereocenters. The van der Waals surface area contributed by atoms with Crippen LogP contribution in [-0.4, -0.2) is 27.3 Å². The Kier molecular flexibility index (Phi) is 4.94. The average molecular weight is 263 g/mol. The van der Waals surface area contributed by atoms with Gasteiger partial charge in [-0.2, -0.15) is 0 Å². The van der Waals surface area contributed by atoms with Crippen LogP contribution < -0.4 is 14.4 Å². The van der Waals surface area contributed by atoms with Crippen molar-refractivity contribution >= 4 is 5.69 Å². The van der Waals surface area contributed by atoms with Crippen molar-refractivity contribution in [2.75, 3.05) is 32.2 Å². The summed E-state index contributed by atoms with van der Waals surface area (Å²) in [6, 6.07) is 6.10. The molecule has 19 heavy (non-hydrogen) atoms. The van der Waals surface area contributed by atoms with Crippen LogP contribution in [0.4, 0.5) is 5.69 Å². The molecule has 106 valence electrons. The Morgan fingerprint density at radius 2 is 2.00 bits per heavy atom. The number of benzene rings is 1. The lowest BCUT2D eigenvalue weighted by atomic mass is 9.98. The molecule has 0 radical (unpaired) electrons. The second-order valence-electron chi connectivity index (χ2n) is 5.23. The number of methoxy groups -OCH3 is 2. The van der Waals surface area contributed by atoms with Gasteiger partial charge in [0.25, 0.3) is 0 Å². The van der Waals surface area contributed by atoms with Crippen LogP contribution in [0.3, 0.4) is 0 Å². The molecule has 1 saturated heterocycles. The first-order valence-electron chi connectivity index (χ1n) is 7.25. The van der Waals surface area contributed by atoms with Gasteiger partial charge in [0, 0.05) is 19.2 Å². The normalized spacial score (nSPS) is 19.9. The van der Waals surface area contributed by atoms with Gasteiger partial charge < -0.3 is 14.4 Å². The van der Waals surface area contributed by atoms with Crippen molar-refractivity contribution in [1.29, 1.82) is 0 Å². The molecular formula is C16H25NO2. The topological polar surface area (TPSA) is 21.7 Å². The summed E-state index contributed by atoms with van der Waals surface area (Å²) in [7, 11) is 3.41. The Balaban J connectivity index is 2.16. The molecule has 0 bridgehead atoms. The molecule has 1 aromatic carbocycles. The minimum absolute atomic E-state index is 0.849. The van der Waals surface area contributed by atoms with E-state index in [1.54, 1.807) is 14.2 Å². The summed E-state index contributed by atoms with van der Waals surface area (Å²) < 4.78 is 10.8. The molecule has 0 spiro atoms. The van der Waals surface area contributed by atoms with Gasteiger partial charge in [0.1, 0.15) is 11.5 Å². The van der Waals surface area contributed by atoms with E-state index in [9.17, 15) is 0 Å². The van der Waals surface area contributed by atoms with Crippen molar-refractivity contribution in [3.05, 3.63) is 18.2 Å². The lowest BCUT2D eigenvalue weighted by Gasteiger charge is -2.25. The zero-order chi connectivity index (χ0) is 13.7. The number of hydrogen-bond donors (Lipinski definition) is 0. The van der Waals surface area contributed by atoms with Gasteiger partial charge in [-0.1, -0.05) is 13.3 Å². The second-order valence-corrected chi connectivity index (χ2v) is 5.23. The minimum atomic E-state index is 0.849. The van der Waals surface area contributed by atoms with Crippen molar-refractivity contribution in [1.82, 2.24) is 0 Å². The minimum Gasteiger partial charge on any atom is -0.497 e. The summed E-state index contributed by atoms with van der Waals surface area (Å²) in [5.74, 6) is 2.64. The van der Waals surface area contributed by atoms with E-state index in [0.29, 0.717) is 0 Å². The summed E-state index contributed by atoms with van der Waals surface area (Å²) in [6.45, 7) is 4.55. The molecule has 1 aromatic rings. The van der Waals surface area contributed by atoms with Gasteiger partial charge in [-0.15, -0.1) is 0 Å². The van der Waals surface area contributed by atoms with E-state index in [1.165, 1.54) is 31.4 Å². The molecule has 0 aliphatic carbocycles. The molecule has 0 N–H and O–H groups in total. The predicted molar refractivity (Wildman–Crippen MR) is 79.4 cm³/mol. The van der Waals surface area contributed by atoms with Crippen LogP contribution in [0.25, 0.3) is 0 Å². The fourth-order valence-electron chi connectivity index (χ4n) is 2.86. The standard InChI is InChI=1S/C16H25NO2/c1-4-13-6-5-10-17(11-9-13)15-8-7-14(18-2)12-16(15)19-3/h7-8,12-13H,4-6,9-11H2,1-3H3/t13-/m0/s1. The quantitative estimate of drug-likeness (QED) is 0.826. The SMILES string of the molecule is CC[C@H]1CCCN(c2ccc(OC)cc2OC)CC1. The number of nitrogens with zero attached hydrogens (tertiary/aromatic N) is 1. The average Bonchev–Trinajstić information content (AvgIpc) is 2.71. The van der Waals surface area contributed by atoms with Crippen molar-refractivity contribution in [2.24, 2.45) is 5.92 Å². The molecule has 3 heteroatoms. The highest BCUT2D eigenvalue weighted by Crippen LogP contribution is 2.34. The molecule has 0 saturated carbocycles. The largest absolute Gasteiger partial charge is 0.497 e. The summed E-state index contributed by atoms with van der Waals surface area (Å²) >= 11 is 0. The maximum absolute atomic E-state index is 5.51. The zero-order valence-electron chi connectivity index (χ0n) is 12.3. The smallest absolute Gasteiger partial charge is 0.145 e. The molecule has 1 heterocycles. The molecule has 3 nitrogen and oxygen atoms in total. The molecule has 1 aliphatic rings. The third-order valence-electron chi connectivity index (χ3n) is 4.15. The van der Waals surface area contributed by atoms with E-state index >= 15 is 0 Å². The monoisotopic (exact) mass is 263 g/mol. The number of ether oxygens (including phenoxy) is 2.